The fourth-order valence-corrected chi connectivity index (χ4v) is 3.32. The Hall–Kier alpha value is -2.93. The lowest BCUT2D eigenvalue weighted by molar-refractivity contribution is 0.519. The Morgan fingerprint density at radius 2 is 2.12 bits per heavy atom. The third-order valence-corrected chi connectivity index (χ3v) is 4.64. The molecule has 25 heavy (non-hydrogen) atoms. The zero-order valence-corrected chi connectivity index (χ0v) is 14.2. The molecule has 4 rings (SSSR count). The second-order valence-electron chi connectivity index (χ2n) is 6.63. The van der Waals surface area contributed by atoms with Crippen LogP contribution in [0.15, 0.2) is 47.4 Å². The molecule has 3 aromatic rings. The normalized spacial score (nSPS) is 16.6. The van der Waals surface area contributed by atoms with Gasteiger partial charge in [0.25, 0.3) is 5.56 Å². The van der Waals surface area contributed by atoms with Crippen molar-refractivity contribution in [3.63, 3.8) is 0 Å². The maximum atomic E-state index is 12.8. The number of fused-ring (bicyclic) bond motifs is 2. The van der Waals surface area contributed by atoms with E-state index in [1.54, 1.807) is 6.20 Å². The number of hydrogen-bond donors (Lipinski definition) is 0. The zero-order chi connectivity index (χ0) is 17.2. The van der Waals surface area contributed by atoms with Crippen LogP contribution < -0.4 is 5.56 Å². The van der Waals surface area contributed by atoms with Gasteiger partial charge < -0.3 is 0 Å². The minimum absolute atomic E-state index is 0.0679. The van der Waals surface area contributed by atoms with Crippen LogP contribution in [0.2, 0.25) is 0 Å². The highest BCUT2D eigenvalue weighted by Crippen LogP contribution is 2.19. The minimum Gasteiger partial charge on any atom is -0.296 e. The van der Waals surface area contributed by atoms with E-state index in [0.717, 1.165) is 48.4 Å². The summed E-state index contributed by atoms with van der Waals surface area (Å²) in [6, 6.07) is 11.3. The first-order valence-electron chi connectivity index (χ1n) is 8.67. The summed E-state index contributed by atoms with van der Waals surface area (Å²) < 4.78 is 1.85. The van der Waals surface area contributed by atoms with Gasteiger partial charge in [0.15, 0.2) is 0 Å². The van der Waals surface area contributed by atoms with Crippen LogP contribution >= 0.6 is 0 Å². The molecule has 0 saturated heterocycles. The fourth-order valence-electron chi connectivity index (χ4n) is 3.32. The van der Waals surface area contributed by atoms with Gasteiger partial charge in [-0.3, -0.25) is 9.36 Å². The molecule has 3 heterocycles. The molecule has 4 nitrogen and oxygen atoms in total. The summed E-state index contributed by atoms with van der Waals surface area (Å²) in [4.78, 5) is 21.8. The highest BCUT2D eigenvalue weighted by Gasteiger charge is 2.17. The molecule has 0 radical (unpaired) electrons. The molecule has 0 unspecified atom stereocenters. The summed E-state index contributed by atoms with van der Waals surface area (Å²) in [5, 5.41) is 0.668. The van der Waals surface area contributed by atoms with Crippen LogP contribution in [0.4, 0.5) is 0 Å². The van der Waals surface area contributed by atoms with Gasteiger partial charge in [-0.15, -0.1) is 0 Å². The summed E-state index contributed by atoms with van der Waals surface area (Å²) in [6.07, 6.45) is 4.76. The van der Waals surface area contributed by atoms with E-state index in [1.807, 2.05) is 41.0 Å². The molecule has 0 fully saturated rings. The van der Waals surface area contributed by atoms with Crippen molar-refractivity contribution >= 4 is 10.9 Å². The molecular formula is C21H19N3O. The predicted molar refractivity (Wildman–Crippen MR) is 98.3 cm³/mol. The summed E-state index contributed by atoms with van der Waals surface area (Å²) in [7, 11) is 0. The second-order valence-corrected chi connectivity index (χ2v) is 6.63. The minimum atomic E-state index is 0.0679. The Labute approximate surface area is 146 Å². The van der Waals surface area contributed by atoms with Gasteiger partial charge >= 0.3 is 0 Å². The summed E-state index contributed by atoms with van der Waals surface area (Å²) in [5.41, 5.74) is 2.37. The van der Waals surface area contributed by atoms with Crippen molar-refractivity contribution < 1.29 is 0 Å². The number of rotatable bonds is 0. The number of hydrogen-bond acceptors (Lipinski definition) is 3. The smallest absolute Gasteiger partial charge is 0.261 e. The van der Waals surface area contributed by atoms with Gasteiger partial charge in [0.2, 0.25) is 0 Å². The molecule has 0 bridgehead atoms. The fraction of sp³-hybridized carbons (Fsp3) is 0.286. The van der Waals surface area contributed by atoms with Crippen molar-refractivity contribution in [2.75, 3.05) is 0 Å². The van der Waals surface area contributed by atoms with Crippen molar-refractivity contribution in [1.29, 1.82) is 0 Å². The molecule has 0 aliphatic carbocycles. The molecular weight excluding hydrogens is 310 g/mol. The third kappa shape index (κ3) is 3.18. The van der Waals surface area contributed by atoms with Gasteiger partial charge in [-0.05, 0) is 55.0 Å². The summed E-state index contributed by atoms with van der Waals surface area (Å²) in [5.74, 6) is 7.62. The molecule has 1 atom stereocenters. The van der Waals surface area contributed by atoms with Gasteiger partial charge in [-0.25, -0.2) is 9.97 Å². The zero-order valence-electron chi connectivity index (χ0n) is 14.2. The standard InChI is InChI=1S/C21H19N3O/c1-15-5-4-12-24-20(13-15)23-19-14-16(8-10-18(19)21(24)25)7-9-17-6-2-3-11-22-17/h2-3,6,8,10-11,14-15H,4-5,12-13H2,1H3/t15-/m1/s1. The van der Waals surface area contributed by atoms with Crippen molar-refractivity contribution in [2.45, 2.75) is 32.7 Å². The van der Waals surface area contributed by atoms with Crippen molar-refractivity contribution in [3.05, 3.63) is 70.0 Å². The van der Waals surface area contributed by atoms with Crippen LogP contribution in [0.5, 0.6) is 0 Å². The van der Waals surface area contributed by atoms with Gasteiger partial charge in [-0.2, -0.15) is 0 Å². The Balaban J connectivity index is 1.79. The molecule has 0 N–H and O–H groups in total. The largest absolute Gasteiger partial charge is 0.296 e. The molecule has 1 aliphatic rings. The van der Waals surface area contributed by atoms with Crippen LogP contribution in [0, 0.1) is 17.8 Å². The quantitative estimate of drug-likeness (QED) is 0.595. The van der Waals surface area contributed by atoms with E-state index in [1.165, 1.54) is 0 Å². The van der Waals surface area contributed by atoms with Crippen LogP contribution in [0.1, 0.15) is 36.8 Å². The lowest BCUT2D eigenvalue weighted by Crippen LogP contribution is -2.24. The summed E-state index contributed by atoms with van der Waals surface area (Å²) >= 11 is 0. The molecule has 124 valence electrons. The number of aromatic nitrogens is 3. The van der Waals surface area contributed by atoms with Gasteiger partial charge in [0.05, 0.1) is 10.9 Å². The molecule has 1 aliphatic heterocycles. The van der Waals surface area contributed by atoms with E-state index in [-0.39, 0.29) is 5.56 Å². The first-order valence-corrected chi connectivity index (χ1v) is 8.67. The maximum Gasteiger partial charge on any atom is 0.261 e. The summed E-state index contributed by atoms with van der Waals surface area (Å²) in [6.45, 7) is 2.99. The average molecular weight is 329 g/mol. The number of nitrogens with zero attached hydrogens (tertiary/aromatic N) is 3. The molecule has 1 aromatic carbocycles. The molecule has 2 aromatic heterocycles. The van der Waals surface area contributed by atoms with Crippen LogP contribution in [-0.2, 0) is 13.0 Å². The van der Waals surface area contributed by atoms with E-state index >= 15 is 0 Å². The molecule has 0 saturated carbocycles. The monoisotopic (exact) mass is 329 g/mol. The van der Waals surface area contributed by atoms with E-state index in [9.17, 15) is 4.79 Å². The third-order valence-electron chi connectivity index (χ3n) is 4.64. The van der Waals surface area contributed by atoms with Crippen LogP contribution in [-0.4, -0.2) is 14.5 Å². The van der Waals surface area contributed by atoms with Crippen LogP contribution in [0.25, 0.3) is 10.9 Å². The van der Waals surface area contributed by atoms with E-state index in [4.69, 9.17) is 4.98 Å². The van der Waals surface area contributed by atoms with Crippen molar-refractivity contribution in [2.24, 2.45) is 5.92 Å². The Morgan fingerprint density at radius 1 is 1.20 bits per heavy atom. The Kier molecular flexibility index (Phi) is 4.07. The SMILES string of the molecule is C[C@@H]1CCCn2c(nc3cc(C#Cc4ccccn4)ccc3c2=O)C1. The topological polar surface area (TPSA) is 47.8 Å². The Bertz CT molecular complexity index is 1040. The van der Waals surface area contributed by atoms with Crippen LogP contribution in [0.3, 0.4) is 0 Å². The van der Waals surface area contributed by atoms with Gasteiger partial charge in [0.1, 0.15) is 11.5 Å². The van der Waals surface area contributed by atoms with E-state index in [0.29, 0.717) is 11.3 Å². The van der Waals surface area contributed by atoms with Gasteiger partial charge in [0, 0.05) is 24.7 Å². The predicted octanol–water partition coefficient (Wildman–Crippen LogP) is 3.16. The molecule has 0 amide bonds. The molecule has 4 heteroatoms. The Morgan fingerprint density at radius 3 is 2.96 bits per heavy atom. The maximum absolute atomic E-state index is 12.8. The highest BCUT2D eigenvalue weighted by atomic mass is 16.1. The second kappa shape index (κ2) is 6.52. The lowest BCUT2D eigenvalue weighted by atomic mass is 10.0. The average Bonchev–Trinajstić information content (AvgIpc) is 2.82. The van der Waals surface area contributed by atoms with Crippen molar-refractivity contribution in [1.82, 2.24) is 14.5 Å². The first kappa shape index (κ1) is 15.6. The van der Waals surface area contributed by atoms with Gasteiger partial charge in [-0.1, -0.05) is 18.9 Å². The highest BCUT2D eigenvalue weighted by molar-refractivity contribution is 5.79. The van der Waals surface area contributed by atoms with E-state index < -0.39 is 0 Å². The number of benzene rings is 1. The lowest BCUT2D eigenvalue weighted by Gasteiger charge is -2.11. The first-order chi connectivity index (χ1) is 12.2. The van der Waals surface area contributed by atoms with E-state index in [2.05, 4.69) is 23.7 Å². The van der Waals surface area contributed by atoms with Crippen molar-refractivity contribution in [3.8, 4) is 11.8 Å². The number of pyridine rings is 1. The molecule has 0 spiro atoms.